The van der Waals surface area contributed by atoms with Gasteiger partial charge in [-0.1, -0.05) is 37.3 Å². The second-order valence-corrected chi connectivity index (χ2v) is 6.62. The summed E-state index contributed by atoms with van der Waals surface area (Å²) in [5, 5.41) is 4.29. The van der Waals surface area contributed by atoms with Gasteiger partial charge >= 0.3 is 0 Å². The number of rotatable bonds is 5. The molecule has 130 valence electrons. The van der Waals surface area contributed by atoms with Crippen molar-refractivity contribution in [2.75, 3.05) is 0 Å². The third-order valence-corrected chi connectivity index (χ3v) is 4.43. The highest BCUT2D eigenvalue weighted by atomic mass is 16.5. The Hall–Kier alpha value is -2.62. The standard InChI is InChI=1S/C21H24N2O2/c1-16-6-5-9-19(14-16)22-23-21(24)18-10-12-20(13-11-18)25-15-17-7-3-2-4-8-17/h2-4,7-8,10-13,16H,5-6,9,14-15H2,1H3,(H,23,24). The van der Waals surface area contributed by atoms with E-state index >= 15 is 0 Å². The Labute approximate surface area is 148 Å². The molecule has 4 heteroatoms. The predicted octanol–water partition coefficient (Wildman–Crippen LogP) is 4.56. The highest BCUT2D eigenvalue weighted by molar-refractivity contribution is 5.95. The Morgan fingerprint density at radius 2 is 1.92 bits per heavy atom. The average molecular weight is 336 g/mol. The fraction of sp³-hybridized carbons (Fsp3) is 0.333. The first-order valence-electron chi connectivity index (χ1n) is 8.83. The fourth-order valence-electron chi connectivity index (χ4n) is 3.00. The van der Waals surface area contributed by atoms with Gasteiger partial charge in [0.1, 0.15) is 12.4 Å². The smallest absolute Gasteiger partial charge is 0.271 e. The molecule has 2 aromatic carbocycles. The van der Waals surface area contributed by atoms with Gasteiger partial charge < -0.3 is 4.74 Å². The lowest BCUT2D eigenvalue weighted by Crippen LogP contribution is -2.22. The molecule has 0 aromatic heterocycles. The highest BCUT2D eigenvalue weighted by Crippen LogP contribution is 2.21. The molecule has 0 aliphatic heterocycles. The van der Waals surface area contributed by atoms with E-state index in [1.54, 1.807) is 12.1 Å². The van der Waals surface area contributed by atoms with Crippen LogP contribution in [-0.2, 0) is 6.61 Å². The number of carbonyl (C=O) groups is 1. The molecule has 0 bridgehead atoms. The van der Waals surface area contributed by atoms with Crippen LogP contribution < -0.4 is 10.2 Å². The Kier molecular flexibility index (Phi) is 5.83. The van der Waals surface area contributed by atoms with Crippen LogP contribution >= 0.6 is 0 Å². The summed E-state index contributed by atoms with van der Waals surface area (Å²) in [6, 6.07) is 17.1. The quantitative estimate of drug-likeness (QED) is 0.814. The zero-order chi connectivity index (χ0) is 17.5. The second-order valence-electron chi connectivity index (χ2n) is 6.62. The number of carbonyl (C=O) groups excluding carboxylic acids is 1. The van der Waals surface area contributed by atoms with Gasteiger partial charge in [0, 0.05) is 11.3 Å². The minimum absolute atomic E-state index is 0.180. The lowest BCUT2D eigenvalue weighted by atomic mass is 9.89. The topological polar surface area (TPSA) is 50.7 Å². The molecule has 0 spiro atoms. The van der Waals surface area contributed by atoms with E-state index in [0.717, 1.165) is 36.3 Å². The van der Waals surface area contributed by atoms with Crippen molar-refractivity contribution in [3.8, 4) is 5.75 Å². The summed E-state index contributed by atoms with van der Waals surface area (Å²) in [6.07, 6.45) is 4.37. The number of hydrogen-bond acceptors (Lipinski definition) is 3. The van der Waals surface area contributed by atoms with E-state index in [2.05, 4.69) is 17.5 Å². The van der Waals surface area contributed by atoms with Gasteiger partial charge in [0.15, 0.2) is 0 Å². The summed E-state index contributed by atoms with van der Waals surface area (Å²) in [4.78, 5) is 12.2. The number of benzene rings is 2. The van der Waals surface area contributed by atoms with Crippen LogP contribution in [0, 0.1) is 5.92 Å². The van der Waals surface area contributed by atoms with Crippen LogP contribution in [0.15, 0.2) is 59.7 Å². The van der Waals surface area contributed by atoms with E-state index in [-0.39, 0.29) is 5.91 Å². The molecule has 1 unspecified atom stereocenters. The van der Waals surface area contributed by atoms with Crippen LogP contribution in [0.5, 0.6) is 5.75 Å². The van der Waals surface area contributed by atoms with Crippen molar-refractivity contribution in [1.29, 1.82) is 0 Å². The molecular formula is C21H24N2O2. The van der Waals surface area contributed by atoms with Crippen LogP contribution in [0.1, 0.15) is 48.5 Å². The molecule has 1 aliphatic carbocycles. The van der Waals surface area contributed by atoms with Crippen LogP contribution in [0.2, 0.25) is 0 Å². The van der Waals surface area contributed by atoms with Crippen molar-refractivity contribution in [2.45, 2.75) is 39.2 Å². The predicted molar refractivity (Wildman–Crippen MR) is 99.7 cm³/mol. The molecule has 25 heavy (non-hydrogen) atoms. The number of hydrogen-bond donors (Lipinski definition) is 1. The molecule has 2 aromatic rings. The van der Waals surface area contributed by atoms with E-state index in [0.29, 0.717) is 18.1 Å². The van der Waals surface area contributed by atoms with Crippen molar-refractivity contribution >= 4 is 11.6 Å². The zero-order valence-corrected chi connectivity index (χ0v) is 14.6. The van der Waals surface area contributed by atoms with Gasteiger partial charge in [-0.15, -0.1) is 0 Å². The van der Waals surface area contributed by atoms with E-state index in [4.69, 9.17) is 4.74 Å². The Bertz CT molecular complexity index is 723. The van der Waals surface area contributed by atoms with Crippen LogP contribution in [0.3, 0.4) is 0 Å². The molecule has 1 N–H and O–H groups in total. The van der Waals surface area contributed by atoms with Crippen molar-refractivity contribution in [1.82, 2.24) is 5.43 Å². The molecule has 3 rings (SSSR count). The summed E-state index contributed by atoms with van der Waals surface area (Å²) in [7, 11) is 0. The summed E-state index contributed by atoms with van der Waals surface area (Å²) < 4.78 is 5.73. The molecule has 0 saturated heterocycles. The molecule has 1 saturated carbocycles. The normalized spacial score (nSPS) is 18.8. The number of nitrogens with one attached hydrogen (secondary N) is 1. The first-order chi connectivity index (χ1) is 12.2. The van der Waals surface area contributed by atoms with E-state index in [1.165, 1.54) is 6.42 Å². The molecule has 0 radical (unpaired) electrons. The summed E-state index contributed by atoms with van der Waals surface area (Å²) >= 11 is 0. The van der Waals surface area contributed by atoms with Crippen molar-refractivity contribution in [3.63, 3.8) is 0 Å². The number of ether oxygens (including phenoxy) is 1. The second kappa shape index (κ2) is 8.47. The Morgan fingerprint density at radius 1 is 1.16 bits per heavy atom. The van der Waals surface area contributed by atoms with Gasteiger partial charge in [-0.3, -0.25) is 4.79 Å². The minimum Gasteiger partial charge on any atom is -0.489 e. The van der Waals surface area contributed by atoms with Crippen molar-refractivity contribution in [3.05, 3.63) is 65.7 Å². The number of hydrazone groups is 1. The first kappa shape index (κ1) is 17.2. The van der Waals surface area contributed by atoms with Crippen molar-refractivity contribution < 1.29 is 9.53 Å². The van der Waals surface area contributed by atoms with Gasteiger partial charge in [-0.05, 0) is 61.4 Å². The molecular weight excluding hydrogens is 312 g/mol. The maximum Gasteiger partial charge on any atom is 0.271 e. The number of nitrogens with zero attached hydrogens (tertiary/aromatic N) is 1. The molecule has 1 aliphatic rings. The SMILES string of the molecule is CC1CCCC(=NNC(=O)c2ccc(OCc3ccccc3)cc2)C1. The highest BCUT2D eigenvalue weighted by Gasteiger charge is 2.14. The van der Waals surface area contributed by atoms with E-state index in [9.17, 15) is 4.79 Å². The van der Waals surface area contributed by atoms with E-state index < -0.39 is 0 Å². The van der Waals surface area contributed by atoms with E-state index in [1.807, 2.05) is 42.5 Å². The molecule has 1 fully saturated rings. The Balaban J connectivity index is 1.52. The van der Waals surface area contributed by atoms with Gasteiger partial charge in [-0.25, -0.2) is 5.43 Å². The third kappa shape index (κ3) is 5.18. The molecule has 0 heterocycles. The molecule has 4 nitrogen and oxygen atoms in total. The number of amides is 1. The zero-order valence-electron chi connectivity index (χ0n) is 14.6. The lowest BCUT2D eigenvalue weighted by Gasteiger charge is -2.18. The van der Waals surface area contributed by atoms with Gasteiger partial charge in [-0.2, -0.15) is 5.10 Å². The minimum atomic E-state index is -0.180. The van der Waals surface area contributed by atoms with Crippen molar-refractivity contribution in [2.24, 2.45) is 11.0 Å². The fourth-order valence-corrected chi connectivity index (χ4v) is 3.00. The summed E-state index contributed by atoms with van der Waals surface area (Å²) in [5.74, 6) is 1.22. The maximum atomic E-state index is 12.2. The summed E-state index contributed by atoms with van der Waals surface area (Å²) in [6.45, 7) is 2.74. The first-order valence-corrected chi connectivity index (χ1v) is 8.83. The van der Waals surface area contributed by atoms with Crippen LogP contribution in [0.25, 0.3) is 0 Å². The third-order valence-electron chi connectivity index (χ3n) is 4.43. The summed E-state index contributed by atoms with van der Waals surface area (Å²) in [5.41, 5.74) is 5.46. The maximum absolute atomic E-state index is 12.2. The van der Waals surface area contributed by atoms with Gasteiger partial charge in [0.25, 0.3) is 5.91 Å². The van der Waals surface area contributed by atoms with Crippen LogP contribution in [-0.4, -0.2) is 11.6 Å². The lowest BCUT2D eigenvalue weighted by molar-refractivity contribution is 0.0954. The van der Waals surface area contributed by atoms with Gasteiger partial charge in [0.2, 0.25) is 0 Å². The van der Waals surface area contributed by atoms with Crippen LogP contribution in [0.4, 0.5) is 0 Å². The van der Waals surface area contributed by atoms with Gasteiger partial charge in [0.05, 0.1) is 0 Å². The molecule has 1 amide bonds. The largest absolute Gasteiger partial charge is 0.489 e. The Morgan fingerprint density at radius 3 is 2.64 bits per heavy atom. The average Bonchev–Trinajstić information content (AvgIpc) is 2.66. The monoisotopic (exact) mass is 336 g/mol. The molecule has 1 atom stereocenters.